The molecule has 9 heterocycles. The van der Waals surface area contributed by atoms with E-state index in [-0.39, 0.29) is 55.7 Å². The molecule has 17 nitrogen and oxygen atoms in total. The first-order valence-corrected chi connectivity index (χ1v) is 33.6. The summed E-state index contributed by atoms with van der Waals surface area (Å²) in [6.45, 7) is 20.8. The topological polar surface area (TPSA) is 227 Å². The van der Waals surface area contributed by atoms with Crippen molar-refractivity contribution in [1.29, 1.82) is 0 Å². The zero-order chi connectivity index (χ0) is 50.5. The Kier molecular flexibility index (Phi) is 78.1. The fourth-order valence-electron chi connectivity index (χ4n) is 7.26. The van der Waals surface area contributed by atoms with Gasteiger partial charge in [0.15, 0.2) is 18.8 Å². The van der Waals surface area contributed by atoms with Crippen LogP contribution >= 0.6 is 48.8 Å². The van der Waals surface area contributed by atoms with Crippen LogP contribution < -0.4 is 13.3 Å². The Morgan fingerprint density at radius 2 is 0.761 bits per heavy atom. The maximum atomic E-state index is 10.2. The average molecular weight is 1410 g/mol. The average Bonchev–Trinajstić information content (AvgIpc) is 4.14. The number of fused-ring (bicyclic) bond motifs is 8. The molecule has 8 fully saturated rings. The predicted molar refractivity (Wildman–Crippen MR) is 272 cm³/mol. The summed E-state index contributed by atoms with van der Waals surface area (Å²) in [5, 5.41) is 34.5. The normalized spacial score (nSPS) is 23.4. The van der Waals surface area contributed by atoms with Crippen molar-refractivity contribution in [2.24, 2.45) is 23.7 Å². The van der Waals surface area contributed by atoms with E-state index in [2.05, 4.69) is 110 Å². The van der Waals surface area contributed by atoms with Crippen molar-refractivity contribution in [2.45, 2.75) is 65.2 Å². The van der Waals surface area contributed by atoms with Crippen LogP contribution in [0.15, 0.2) is 18.7 Å². The van der Waals surface area contributed by atoms with Crippen LogP contribution in [0.25, 0.3) is 0 Å². The second-order valence-electron chi connectivity index (χ2n) is 13.8. The van der Waals surface area contributed by atoms with Gasteiger partial charge in [0.2, 0.25) is 49.0 Å². The van der Waals surface area contributed by atoms with E-state index in [1.54, 1.807) is 0 Å². The monoisotopic (exact) mass is 1410 g/mol. The Hall–Kier alpha value is 1.24. The third kappa shape index (κ3) is 58.0. The summed E-state index contributed by atoms with van der Waals surface area (Å²) < 4.78 is 5.08. The summed E-state index contributed by atoms with van der Waals surface area (Å²) in [5.41, 5.74) is 0. The molecule has 1 aromatic rings. The van der Waals surface area contributed by atoms with Crippen LogP contribution in [0, 0.1) is 23.7 Å². The standard InChI is InChI=1S/4C6H11N.C4H3BN2O.C2H3BO2.C2H6.CBClO.2CHBO2.3CH4O.I3.3V/c4*1-3-7-4-2-6(1)5-7;5-4(8)7-2-1-6-3-7;1-5-2(3)4;1-2;3*2-1(3)4;3*1-2;1-3-2;;;/h4*6H,1-5H2;1-3H;1H3;1-2H3;;2*(H,3,4);3*2H,1H3;;;;/q;;;;;;;;;;;;;-1;;;. The van der Waals surface area contributed by atoms with Crippen molar-refractivity contribution in [3.05, 3.63) is 18.7 Å². The van der Waals surface area contributed by atoms with E-state index in [4.69, 9.17) is 47.8 Å². The molecule has 8 saturated heterocycles. The number of carboxylic acid groups (broad SMARTS) is 2. The smallest absolute Gasteiger partial charge is 0.235 e. The summed E-state index contributed by atoms with van der Waals surface area (Å²) >= 11 is 9.71. The van der Waals surface area contributed by atoms with Crippen LogP contribution in [-0.4, -0.2) is 229 Å². The number of hydrogen-bond donors (Lipinski definition) is 5. The second kappa shape index (κ2) is 61.5. The molecule has 0 unspecified atom stereocenters. The van der Waals surface area contributed by atoms with Crippen molar-refractivity contribution in [1.82, 2.24) is 29.2 Å². The second-order valence-corrected chi connectivity index (χ2v) is 30.5. The Labute approximate surface area is 478 Å². The number of halogens is 4. The van der Waals surface area contributed by atoms with Gasteiger partial charge in [0, 0.05) is 116 Å². The van der Waals surface area contributed by atoms with Gasteiger partial charge in [-0.15, -0.1) is 0 Å². The number of imidazole rings is 1. The quantitative estimate of drug-likeness (QED) is 0.141. The molecule has 0 saturated carbocycles. The van der Waals surface area contributed by atoms with E-state index in [0.29, 0.717) is 13.3 Å². The van der Waals surface area contributed by atoms with Crippen LogP contribution in [0.5, 0.6) is 0 Å². The van der Waals surface area contributed by atoms with Gasteiger partial charge in [-0.3, -0.25) is 28.5 Å². The van der Waals surface area contributed by atoms with E-state index >= 15 is 0 Å². The van der Waals surface area contributed by atoms with Crippen molar-refractivity contribution >= 4 is 117 Å². The van der Waals surface area contributed by atoms with Crippen LogP contribution in [0.4, 0.5) is 24.0 Å². The SMILES string of the molecule is C1CN2CCC1C2.C1CN2CCC1C2.C1CN2CCC1C2.C1CN2CCC1C2.CC.CO.CO.CO.I[I-]I.[B]C(=O)Cl.[B]C(=O)O.[B]C(=O)O.[B]C(=O)OC.[B]C(=O)n1ccnc1.[V].[V].[V]. The van der Waals surface area contributed by atoms with Gasteiger partial charge in [0.25, 0.3) is 0 Å². The van der Waals surface area contributed by atoms with Crippen molar-refractivity contribution in [2.75, 3.05) is 107 Å². The predicted octanol–water partition coefficient (Wildman–Crippen LogP) is 1.59. The molecule has 13 radical (unpaired) electrons. The van der Waals surface area contributed by atoms with Crippen molar-refractivity contribution < 1.29 is 123 Å². The molecule has 0 atom stereocenters. The Bertz CT molecular complexity index is 1090. The van der Waals surface area contributed by atoms with Gasteiger partial charge >= 0.3 is 50.5 Å². The number of ether oxygens (including phenoxy) is 1. The van der Waals surface area contributed by atoms with Crippen molar-refractivity contribution in [3.63, 3.8) is 0 Å². The third-order valence-corrected chi connectivity index (χ3v) is 9.85. The zero-order valence-corrected chi connectivity index (χ0v) is 51.2. The first-order valence-electron chi connectivity index (χ1n) is 20.6. The first-order chi connectivity index (χ1) is 30.5. The Morgan fingerprint density at radius 1 is 0.582 bits per heavy atom. The minimum atomic E-state index is -1.33. The summed E-state index contributed by atoms with van der Waals surface area (Å²) in [7, 11) is 25.8. The largest absolute Gasteiger partial charge is 0.490 e. The van der Waals surface area contributed by atoms with Gasteiger partial charge in [0.05, 0.1) is 7.11 Å². The van der Waals surface area contributed by atoms with Crippen LogP contribution in [0.2, 0.25) is 0 Å². The van der Waals surface area contributed by atoms with Gasteiger partial charge in [0.1, 0.15) is 6.33 Å². The number of methoxy groups -OCH3 is 1. The number of carbonyl (C=O) groups excluding carboxylic acids is 3. The number of piperidine rings is 4. The number of carbonyl (C=O) groups is 5. The summed E-state index contributed by atoms with van der Waals surface area (Å²) in [5.74, 6) is 0.465. The Morgan fingerprint density at radius 3 is 0.806 bits per heavy atom. The van der Waals surface area contributed by atoms with Gasteiger partial charge in [-0.2, -0.15) is 0 Å². The van der Waals surface area contributed by atoms with E-state index in [9.17, 15) is 9.59 Å². The van der Waals surface area contributed by atoms with Gasteiger partial charge in [-0.25, -0.2) is 4.98 Å². The molecular formula is C38H70B5ClI3N6O11V3-. The summed E-state index contributed by atoms with van der Waals surface area (Å²) in [4.78, 5) is 60.0. The molecule has 0 aromatic carbocycles. The van der Waals surface area contributed by atoms with Gasteiger partial charge in [-0.05, 0) is 127 Å². The number of aromatic nitrogens is 2. The van der Waals surface area contributed by atoms with Gasteiger partial charge in [-0.1, -0.05) is 25.4 Å². The number of aliphatic hydroxyl groups excluding tert-OH is 3. The van der Waals surface area contributed by atoms with Crippen LogP contribution in [-0.2, 0) is 60.4 Å². The number of aliphatic hydroxyl groups is 3. The minimum absolute atomic E-state index is 0. The van der Waals surface area contributed by atoms with E-state index < -0.39 is 28.6 Å². The molecule has 9 rings (SSSR count). The third-order valence-electron chi connectivity index (χ3n) is 9.85. The number of rotatable bonds is 0. The Balaban J connectivity index is -0.0000000953. The molecule has 1 aromatic heterocycles. The molecule has 5 N–H and O–H groups in total. The molecule has 0 spiro atoms. The van der Waals surface area contributed by atoms with E-state index in [1.165, 1.54) is 160 Å². The summed E-state index contributed by atoms with van der Waals surface area (Å²) in [6.07, 6.45) is 16.2. The number of nitrogens with zero attached hydrogens (tertiary/aromatic N) is 6. The maximum absolute atomic E-state index is 10.2. The molecule has 8 bridgehead atoms. The zero-order valence-electron chi connectivity index (χ0n) is 39.8. The molecule has 0 amide bonds. The molecule has 29 heteroatoms. The fraction of sp³-hybridized carbons (Fsp3) is 0.789. The van der Waals surface area contributed by atoms with Crippen LogP contribution in [0.1, 0.15) is 65.2 Å². The number of hydrogen-bond acceptors (Lipinski definition) is 14. The van der Waals surface area contributed by atoms with Gasteiger partial charge < -0.3 is 49.9 Å². The molecule has 67 heavy (non-hydrogen) atoms. The van der Waals surface area contributed by atoms with E-state index in [1.807, 2.05) is 13.8 Å². The summed E-state index contributed by atoms with van der Waals surface area (Å²) in [6, 6.07) is 0. The fourth-order valence-corrected chi connectivity index (χ4v) is 7.26. The van der Waals surface area contributed by atoms with Crippen molar-refractivity contribution in [3.8, 4) is 0 Å². The molecule has 0 aliphatic carbocycles. The maximum Gasteiger partial charge on any atom is 0.235 e. The first kappa shape index (κ1) is 85.0. The van der Waals surface area contributed by atoms with Crippen LogP contribution in [0.3, 0.4) is 0 Å². The van der Waals surface area contributed by atoms with E-state index in [0.717, 1.165) is 45.0 Å². The minimum Gasteiger partial charge on any atom is -0.490 e. The molecular weight excluding hydrogens is 1340 g/mol. The molecule has 8 aliphatic rings. The molecule has 377 valence electrons. The molecule has 8 aliphatic heterocycles.